The van der Waals surface area contributed by atoms with Gasteiger partial charge in [-0.15, -0.1) is 0 Å². The lowest BCUT2D eigenvalue weighted by Gasteiger charge is -2.21. The Bertz CT molecular complexity index is 467. The minimum absolute atomic E-state index is 0.0553. The minimum atomic E-state index is -0.0553. The summed E-state index contributed by atoms with van der Waals surface area (Å²) in [6.45, 7) is 6.61. The van der Waals surface area contributed by atoms with E-state index in [-0.39, 0.29) is 12.5 Å². The van der Waals surface area contributed by atoms with Crippen molar-refractivity contribution in [1.82, 2.24) is 5.32 Å². The van der Waals surface area contributed by atoms with E-state index in [4.69, 9.17) is 9.47 Å². The average molecular weight is 291 g/mol. The molecule has 2 rings (SSSR count). The number of rotatable bonds is 6. The Morgan fingerprint density at radius 2 is 2.05 bits per heavy atom. The van der Waals surface area contributed by atoms with E-state index in [0.29, 0.717) is 5.92 Å². The van der Waals surface area contributed by atoms with E-state index in [0.717, 1.165) is 44.8 Å². The van der Waals surface area contributed by atoms with Crippen LogP contribution < -0.4 is 10.1 Å². The maximum Gasteiger partial charge on any atom is 0.257 e. The minimum Gasteiger partial charge on any atom is -0.484 e. The molecule has 0 spiro atoms. The third-order valence-corrected chi connectivity index (χ3v) is 4.06. The Morgan fingerprint density at radius 1 is 1.29 bits per heavy atom. The van der Waals surface area contributed by atoms with Crippen LogP contribution in [0.4, 0.5) is 0 Å². The molecule has 1 aliphatic heterocycles. The molecule has 4 nitrogen and oxygen atoms in total. The summed E-state index contributed by atoms with van der Waals surface area (Å²) in [4.78, 5) is 11.7. The van der Waals surface area contributed by atoms with E-state index in [1.54, 1.807) is 0 Å². The molecule has 0 aromatic heterocycles. The lowest BCUT2D eigenvalue weighted by Crippen LogP contribution is -2.31. The third kappa shape index (κ3) is 5.38. The monoisotopic (exact) mass is 291 g/mol. The molecule has 0 atom stereocenters. The zero-order chi connectivity index (χ0) is 15.1. The van der Waals surface area contributed by atoms with Crippen LogP contribution in [0.5, 0.6) is 5.75 Å². The van der Waals surface area contributed by atoms with E-state index in [9.17, 15) is 4.79 Å². The van der Waals surface area contributed by atoms with Gasteiger partial charge < -0.3 is 14.8 Å². The Labute approximate surface area is 126 Å². The second-order valence-corrected chi connectivity index (χ2v) is 5.73. The van der Waals surface area contributed by atoms with E-state index in [1.807, 2.05) is 25.1 Å². The number of hydrogen-bond donors (Lipinski definition) is 1. The molecule has 1 N–H and O–H groups in total. The van der Waals surface area contributed by atoms with Crippen molar-refractivity contribution in [3.05, 3.63) is 29.3 Å². The van der Waals surface area contributed by atoms with Gasteiger partial charge in [0.25, 0.3) is 5.91 Å². The van der Waals surface area contributed by atoms with Crippen molar-refractivity contribution in [1.29, 1.82) is 0 Å². The van der Waals surface area contributed by atoms with Gasteiger partial charge in [-0.2, -0.15) is 0 Å². The van der Waals surface area contributed by atoms with Crippen molar-refractivity contribution in [3.63, 3.8) is 0 Å². The number of aryl methyl sites for hydroxylation is 2. The first kappa shape index (κ1) is 15.8. The van der Waals surface area contributed by atoms with Gasteiger partial charge in [0.1, 0.15) is 5.75 Å². The van der Waals surface area contributed by atoms with Gasteiger partial charge in [0, 0.05) is 19.8 Å². The molecule has 0 bridgehead atoms. The first-order chi connectivity index (χ1) is 10.1. The van der Waals surface area contributed by atoms with Crippen LogP contribution in [0.2, 0.25) is 0 Å². The largest absolute Gasteiger partial charge is 0.484 e. The summed E-state index contributed by atoms with van der Waals surface area (Å²) < 4.78 is 10.8. The standard InChI is InChI=1S/C17H25NO3/c1-13-3-4-16(11-14(13)2)21-12-17(19)18-8-5-15-6-9-20-10-7-15/h3-4,11,15H,5-10,12H2,1-2H3,(H,18,19). The van der Waals surface area contributed by atoms with Gasteiger partial charge >= 0.3 is 0 Å². The molecule has 1 amide bonds. The van der Waals surface area contributed by atoms with Crippen LogP contribution in [0.25, 0.3) is 0 Å². The van der Waals surface area contributed by atoms with Crippen LogP contribution in [-0.2, 0) is 9.53 Å². The topological polar surface area (TPSA) is 47.6 Å². The molecule has 1 aliphatic rings. The molecule has 1 aromatic carbocycles. The molecule has 4 heteroatoms. The third-order valence-electron chi connectivity index (χ3n) is 4.06. The van der Waals surface area contributed by atoms with Crippen molar-refractivity contribution >= 4 is 5.91 Å². The van der Waals surface area contributed by atoms with Crippen molar-refractivity contribution in [2.45, 2.75) is 33.1 Å². The summed E-state index contributed by atoms with van der Waals surface area (Å²) in [6, 6.07) is 5.87. The molecule has 0 unspecified atom stereocenters. The lowest BCUT2D eigenvalue weighted by molar-refractivity contribution is -0.123. The first-order valence-corrected chi connectivity index (χ1v) is 7.69. The van der Waals surface area contributed by atoms with Crippen LogP contribution in [-0.4, -0.2) is 32.3 Å². The Hall–Kier alpha value is -1.55. The summed E-state index contributed by atoms with van der Waals surface area (Å²) in [5, 5.41) is 2.92. The highest BCUT2D eigenvalue weighted by Gasteiger charge is 2.13. The van der Waals surface area contributed by atoms with Crippen LogP contribution >= 0.6 is 0 Å². The molecule has 0 radical (unpaired) electrons. The molecule has 1 saturated heterocycles. The smallest absolute Gasteiger partial charge is 0.257 e. The fourth-order valence-electron chi connectivity index (χ4n) is 2.45. The predicted octanol–water partition coefficient (Wildman–Crippen LogP) is 2.62. The summed E-state index contributed by atoms with van der Waals surface area (Å²) in [5.74, 6) is 1.37. The van der Waals surface area contributed by atoms with Gasteiger partial charge in [0.2, 0.25) is 0 Å². The van der Waals surface area contributed by atoms with Crippen molar-refractivity contribution < 1.29 is 14.3 Å². The number of hydrogen-bond acceptors (Lipinski definition) is 3. The zero-order valence-electron chi connectivity index (χ0n) is 13.0. The van der Waals surface area contributed by atoms with E-state index in [1.165, 1.54) is 11.1 Å². The highest BCUT2D eigenvalue weighted by molar-refractivity contribution is 5.77. The SMILES string of the molecule is Cc1ccc(OCC(=O)NCCC2CCOCC2)cc1C. The van der Waals surface area contributed by atoms with Crippen molar-refractivity contribution in [2.75, 3.05) is 26.4 Å². The molecule has 0 aliphatic carbocycles. The summed E-state index contributed by atoms with van der Waals surface area (Å²) in [6.07, 6.45) is 3.24. The van der Waals surface area contributed by atoms with Crippen molar-refractivity contribution in [2.24, 2.45) is 5.92 Å². The summed E-state index contributed by atoms with van der Waals surface area (Å²) in [7, 11) is 0. The van der Waals surface area contributed by atoms with Gasteiger partial charge in [-0.1, -0.05) is 6.07 Å². The van der Waals surface area contributed by atoms with Gasteiger partial charge in [0.15, 0.2) is 6.61 Å². The molecular weight excluding hydrogens is 266 g/mol. The zero-order valence-corrected chi connectivity index (χ0v) is 13.0. The molecule has 116 valence electrons. The Morgan fingerprint density at radius 3 is 2.76 bits per heavy atom. The van der Waals surface area contributed by atoms with E-state index >= 15 is 0 Å². The van der Waals surface area contributed by atoms with E-state index in [2.05, 4.69) is 12.2 Å². The van der Waals surface area contributed by atoms with Gasteiger partial charge in [-0.3, -0.25) is 4.79 Å². The normalized spacial score (nSPS) is 15.7. The number of carbonyl (C=O) groups is 1. The number of amides is 1. The van der Waals surface area contributed by atoms with Crippen molar-refractivity contribution in [3.8, 4) is 5.75 Å². The number of benzene rings is 1. The molecule has 1 fully saturated rings. The number of carbonyl (C=O) groups excluding carboxylic acids is 1. The van der Waals surface area contributed by atoms with Gasteiger partial charge in [-0.05, 0) is 62.3 Å². The number of ether oxygens (including phenoxy) is 2. The summed E-state index contributed by atoms with van der Waals surface area (Å²) in [5.41, 5.74) is 2.40. The predicted molar refractivity (Wildman–Crippen MR) is 82.6 cm³/mol. The maximum atomic E-state index is 11.7. The summed E-state index contributed by atoms with van der Waals surface area (Å²) >= 11 is 0. The van der Waals surface area contributed by atoms with E-state index < -0.39 is 0 Å². The van der Waals surface area contributed by atoms with Crippen LogP contribution in [0, 0.1) is 19.8 Å². The molecule has 21 heavy (non-hydrogen) atoms. The van der Waals surface area contributed by atoms with Gasteiger partial charge in [-0.25, -0.2) is 0 Å². The molecular formula is C17H25NO3. The fraction of sp³-hybridized carbons (Fsp3) is 0.588. The van der Waals surface area contributed by atoms with Crippen LogP contribution in [0.1, 0.15) is 30.4 Å². The first-order valence-electron chi connectivity index (χ1n) is 7.69. The van der Waals surface area contributed by atoms with Crippen LogP contribution in [0.3, 0.4) is 0 Å². The molecule has 1 heterocycles. The Kier molecular flexibility index (Phi) is 6.05. The average Bonchev–Trinajstić information content (AvgIpc) is 2.49. The highest BCUT2D eigenvalue weighted by Crippen LogP contribution is 2.18. The molecule has 0 saturated carbocycles. The molecule has 1 aromatic rings. The number of nitrogens with one attached hydrogen (secondary N) is 1. The second-order valence-electron chi connectivity index (χ2n) is 5.73. The fourth-order valence-corrected chi connectivity index (χ4v) is 2.45. The van der Waals surface area contributed by atoms with Crippen LogP contribution in [0.15, 0.2) is 18.2 Å². The quantitative estimate of drug-likeness (QED) is 0.876. The second kappa shape index (κ2) is 8.03. The lowest BCUT2D eigenvalue weighted by atomic mass is 9.97. The highest BCUT2D eigenvalue weighted by atomic mass is 16.5. The van der Waals surface area contributed by atoms with Gasteiger partial charge in [0.05, 0.1) is 0 Å². The Balaban J connectivity index is 1.63. The maximum absolute atomic E-state index is 11.7.